The maximum absolute atomic E-state index is 3.46. The van der Waals surface area contributed by atoms with Crippen LogP contribution in [0.25, 0.3) is 10.1 Å². The second-order valence-electron chi connectivity index (χ2n) is 4.76. The van der Waals surface area contributed by atoms with Gasteiger partial charge in [0.2, 0.25) is 0 Å². The highest BCUT2D eigenvalue weighted by Crippen LogP contribution is 2.33. The van der Waals surface area contributed by atoms with E-state index in [9.17, 15) is 0 Å². The molecule has 0 spiro atoms. The number of rotatable bonds is 3. The van der Waals surface area contributed by atoms with E-state index in [1.165, 1.54) is 26.8 Å². The molecule has 1 unspecified atom stereocenters. The van der Waals surface area contributed by atoms with Crippen molar-refractivity contribution in [3.05, 3.63) is 70.6 Å². The van der Waals surface area contributed by atoms with Gasteiger partial charge in [0.25, 0.3) is 0 Å². The minimum atomic E-state index is 0.253. The number of aryl methyl sites for hydroxylation is 1. The van der Waals surface area contributed by atoms with Crippen molar-refractivity contribution < 1.29 is 0 Å². The summed E-state index contributed by atoms with van der Waals surface area (Å²) in [5.41, 5.74) is 4.05. The summed E-state index contributed by atoms with van der Waals surface area (Å²) >= 11 is 1.82. The van der Waals surface area contributed by atoms with Gasteiger partial charge in [-0.25, -0.2) is 0 Å². The lowest BCUT2D eigenvalue weighted by Crippen LogP contribution is -2.18. The third-order valence-electron chi connectivity index (χ3n) is 3.61. The fourth-order valence-electron chi connectivity index (χ4n) is 2.63. The Morgan fingerprint density at radius 2 is 1.74 bits per heavy atom. The minimum absolute atomic E-state index is 0.253. The average Bonchev–Trinajstić information content (AvgIpc) is 2.91. The summed E-state index contributed by atoms with van der Waals surface area (Å²) in [6.45, 7) is 2.17. The van der Waals surface area contributed by atoms with Gasteiger partial charge in [-0.1, -0.05) is 42.5 Å². The minimum Gasteiger partial charge on any atom is -0.309 e. The zero-order valence-corrected chi connectivity index (χ0v) is 12.0. The van der Waals surface area contributed by atoms with E-state index in [1.54, 1.807) is 0 Å². The molecule has 0 saturated carbocycles. The Labute approximate surface area is 117 Å². The molecule has 0 radical (unpaired) electrons. The van der Waals surface area contributed by atoms with Crippen LogP contribution in [0.3, 0.4) is 0 Å². The van der Waals surface area contributed by atoms with Crippen molar-refractivity contribution in [2.45, 2.75) is 13.0 Å². The molecule has 0 fully saturated rings. The second-order valence-corrected chi connectivity index (χ2v) is 5.68. The van der Waals surface area contributed by atoms with E-state index in [0.29, 0.717) is 0 Å². The van der Waals surface area contributed by atoms with Gasteiger partial charge in [-0.3, -0.25) is 0 Å². The standard InChI is InChI=1S/C17H17NS/c1-12-6-3-4-8-14(12)16(18-2)15-9-5-7-13-10-11-19-17(13)15/h3-11,16,18H,1-2H3. The third-order valence-corrected chi connectivity index (χ3v) is 4.59. The van der Waals surface area contributed by atoms with E-state index >= 15 is 0 Å². The Balaban J connectivity index is 2.18. The maximum Gasteiger partial charge on any atom is 0.0591 e. The Hall–Kier alpha value is -1.64. The smallest absolute Gasteiger partial charge is 0.0591 e. The first kappa shape index (κ1) is 12.4. The molecule has 0 aliphatic heterocycles. The number of hydrogen-bond acceptors (Lipinski definition) is 2. The first-order valence-electron chi connectivity index (χ1n) is 6.50. The van der Waals surface area contributed by atoms with Crippen molar-refractivity contribution in [1.29, 1.82) is 0 Å². The normalized spacial score (nSPS) is 12.7. The van der Waals surface area contributed by atoms with Crippen molar-refractivity contribution >= 4 is 21.4 Å². The molecule has 1 nitrogen and oxygen atoms in total. The summed E-state index contributed by atoms with van der Waals surface area (Å²) in [7, 11) is 2.03. The fourth-order valence-corrected chi connectivity index (χ4v) is 3.58. The Morgan fingerprint density at radius 1 is 0.947 bits per heavy atom. The molecule has 1 heterocycles. The Morgan fingerprint density at radius 3 is 2.53 bits per heavy atom. The predicted octanol–water partition coefficient (Wildman–Crippen LogP) is 4.52. The predicted molar refractivity (Wildman–Crippen MR) is 83.9 cm³/mol. The van der Waals surface area contributed by atoms with Crippen LogP contribution in [0, 0.1) is 6.92 Å². The van der Waals surface area contributed by atoms with Crippen LogP contribution in [0.5, 0.6) is 0 Å². The first-order chi connectivity index (χ1) is 9.31. The van der Waals surface area contributed by atoms with Crippen LogP contribution in [-0.4, -0.2) is 7.05 Å². The lowest BCUT2D eigenvalue weighted by atomic mass is 9.94. The van der Waals surface area contributed by atoms with Gasteiger partial charge in [-0.2, -0.15) is 0 Å². The van der Waals surface area contributed by atoms with E-state index in [-0.39, 0.29) is 6.04 Å². The van der Waals surface area contributed by atoms with Gasteiger partial charge in [-0.15, -0.1) is 11.3 Å². The maximum atomic E-state index is 3.46. The molecule has 0 aliphatic carbocycles. The van der Waals surface area contributed by atoms with Crippen molar-refractivity contribution in [2.24, 2.45) is 0 Å². The molecule has 1 N–H and O–H groups in total. The molecular formula is C17H17NS. The zero-order valence-electron chi connectivity index (χ0n) is 11.2. The van der Waals surface area contributed by atoms with Crippen LogP contribution in [0.15, 0.2) is 53.9 Å². The van der Waals surface area contributed by atoms with Gasteiger partial charge in [0.1, 0.15) is 0 Å². The summed E-state index contributed by atoms with van der Waals surface area (Å²) in [5.74, 6) is 0. The Bertz CT molecular complexity index is 699. The lowest BCUT2D eigenvalue weighted by molar-refractivity contribution is 0.693. The van der Waals surface area contributed by atoms with Crippen LogP contribution in [0.4, 0.5) is 0 Å². The topological polar surface area (TPSA) is 12.0 Å². The van der Waals surface area contributed by atoms with Gasteiger partial charge < -0.3 is 5.32 Å². The summed E-state index contributed by atoms with van der Waals surface area (Å²) in [5, 5.41) is 6.96. The molecule has 19 heavy (non-hydrogen) atoms. The molecule has 3 rings (SSSR count). The molecule has 1 aromatic heterocycles. The molecule has 3 aromatic rings. The molecule has 0 aliphatic rings. The highest BCUT2D eigenvalue weighted by atomic mass is 32.1. The van der Waals surface area contributed by atoms with Gasteiger partial charge in [0.05, 0.1) is 6.04 Å². The molecule has 0 amide bonds. The van der Waals surface area contributed by atoms with E-state index < -0.39 is 0 Å². The van der Waals surface area contributed by atoms with Crippen LogP contribution < -0.4 is 5.32 Å². The number of hydrogen-bond donors (Lipinski definition) is 1. The number of fused-ring (bicyclic) bond motifs is 1. The van der Waals surface area contributed by atoms with Crippen LogP contribution in [0.1, 0.15) is 22.7 Å². The van der Waals surface area contributed by atoms with Gasteiger partial charge >= 0.3 is 0 Å². The molecule has 2 heteroatoms. The zero-order chi connectivity index (χ0) is 13.2. The van der Waals surface area contributed by atoms with Crippen LogP contribution in [0.2, 0.25) is 0 Å². The SMILES string of the molecule is CNC(c1ccccc1C)c1cccc2ccsc12. The quantitative estimate of drug-likeness (QED) is 0.735. The van der Waals surface area contributed by atoms with E-state index in [0.717, 1.165) is 0 Å². The fraction of sp³-hybridized carbons (Fsp3) is 0.176. The van der Waals surface area contributed by atoms with Gasteiger partial charge in [0.15, 0.2) is 0 Å². The van der Waals surface area contributed by atoms with E-state index in [1.807, 2.05) is 18.4 Å². The molecule has 0 saturated heterocycles. The van der Waals surface area contributed by atoms with Gasteiger partial charge in [0, 0.05) is 4.70 Å². The third kappa shape index (κ3) is 2.18. The summed E-state index contributed by atoms with van der Waals surface area (Å²) in [4.78, 5) is 0. The monoisotopic (exact) mass is 267 g/mol. The molecule has 1 atom stereocenters. The second kappa shape index (κ2) is 5.16. The highest BCUT2D eigenvalue weighted by molar-refractivity contribution is 7.17. The summed E-state index contributed by atoms with van der Waals surface area (Å²) in [6, 6.07) is 17.6. The van der Waals surface area contributed by atoms with E-state index in [2.05, 4.69) is 66.2 Å². The van der Waals surface area contributed by atoms with Crippen molar-refractivity contribution in [3.63, 3.8) is 0 Å². The lowest BCUT2D eigenvalue weighted by Gasteiger charge is -2.20. The summed E-state index contributed by atoms with van der Waals surface area (Å²) < 4.78 is 1.38. The van der Waals surface area contributed by atoms with Crippen molar-refractivity contribution in [2.75, 3.05) is 7.05 Å². The Kier molecular flexibility index (Phi) is 3.36. The van der Waals surface area contributed by atoms with Gasteiger partial charge in [-0.05, 0) is 47.5 Å². The average molecular weight is 267 g/mol. The van der Waals surface area contributed by atoms with Crippen LogP contribution in [-0.2, 0) is 0 Å². The number of thiophene rings is 1. The number of benzene rings is 2. The molecule has 0 bridgehead atoms. The summed E-state index contributed by atoms with van der Waals surface area (Å²) in [6.07, 6.45) is 0. The van der Waals surface area contributed by atoms with Crippen LogP contribution >= 0.6 is 11.3 Å². The van der Waals surface area contributed by atoms with E-state index in [4.69, 9.17) is 0 Å². The molecule has 96 valence electrons. The largest absolute Gasteiger partial charge is 0.309 e. The molecule has 2 aromatic carbocycles. The molecular weight excluding hydrogens is 250 g/mol. The highest BCUT2D eigenvalue weighted by Gasteiger charge is 2.16. The number of nitrogens with one attached hydrogen (secondary N) is 1. The first-order valence-corrected chi connectivity index (χ1v) is 7.38. The van der Waals surface area contributed by atoms with Crippen molar-refractivity contribution in [1.82, 2.24) is 5.32 Å². The van der Waals surface area contributed by atoms with Crippen molar-refractivity contribution in [3.8, 4) is 0 Å².